The molecule has 10 amide bonds. The number of aromatic nitrogens is 2. The summed E-state index contributed by atoms with van der Waals surface area (Å²) >= 11 is 0. The van der Waals surface area contributed by atoms with Crippen LogP contribution in [0.3, 0.4) is 0 Å². The van der Waals surface area contributed by atoms with Crippen LogP contribution in [0.25, 0.3) is 10.9 Å². The Morgan fingerprint density at radius 1 is 0.594 bits per heavy atom. The molecular weight excluding hydrogens is 1290 g/mol. The number of carboxylic acid groups (broad SMARTS) is 2. The normalized spacial score (nSPS) is 16.5. The van der Waals surface area contributed by atoms with E-state index in [0.717, 1.165) is 30.8 Å². The van der Waals surface area contributed by atoms with Crippen molar-refractivity contribution in [2.75, 3.05) is 13.1 Å². The summed E-state index contributed by atoms with van der Waals surface area (Å²) in [5.74, 6) is -5.06. The fourth-order valence-corrected chi connectivity index (χ4v) is 7.84. The number of nitro benzene ring substituents is 4. The van der Waals surface area contributed by atoms with Crippen LogP contribution in [0.5, 0.6) is 11.5 Å². The number of phenols is 2. The van der Waals surface area contributed by atoms with Crippen LogP contribution in [0.15, 0.2) is 95.8 Å². The molecule has 3 saturated heterocycles. The second-order valence-corrected chi connectivity index (χ2v) is 20.2. The molecule has 0 bridgehead atoms. The van der Waals surface area contributed by atoms with Crippen LogP contribution in [0.2, 0.25) is 0 Å². The van der Waals surface area contributed by atoms with Crippen molar-refractivity contribution < 1.29 is 102 Å². The molecule has 0 saturated carbocycles. The van der Waals surface area contributed by atoms with Gasteiger partial charge in [-0.3, -0.25) is 90.2 Å². The van der Waals surface area contributed by atoms with Gasteiger partial charge in [-0.25, -0.2) is 28.7 Å². The van der Waals surface area contributed by atoms with Gasteiger partial charge in [0.2, 0.25) is 0 Å². The second-order valence-electron chi connectivity index (χ2n) is 20.2. The van der Waals surface area contributed by atoms with Crippen LogP contribution >= 0.6 is 0 Å². The number of aryl methyl sites for hydroxylation is 4. The first-order chi connectivity index (χ1) is 44.8. The number of aromatic amines is 1. The lowest BCUT2D eigenvalue weighted by atomic mass is 9.40. The number of nitro groups is 4. The van der Waals surface area contributed by atoms with Crippen molar-refractivity contribution in [3.63, 3.8) is 0 Å². The minimum atomic E-state index is -1.44. The summed E-state index contributed by atoms with van der Waals surface area (Å²) in [6, 6.07) is 18.8. The number of amides is 10. The molecule has 9 rings (SSSR count). The molecule has 0 spiro atoms. The molecule has 513 valence electrons. The highest BCUT2D eigenvalue weighted by Crippen LogP contribution is 2.25. The Balaban J connectivity index is -0.00000111. The zero-order valence-corrected chi connectivity index (χ0v) is 50.6. The van der Waals surface area contributed by atoms with E-state index in [4.69, 9.17) is 38.3 Å². The smallest absolute Gasteiger partial charge is 0.342 e. The van der Waals surface area contributed by atoms with E-state index in [-0.39, 0.29) is 84.3 Å². The van der Waals surface area contributed by atoms with Crippen molar-refractivity contribution in [2.45, 2.75) is 79.1 Å². The van der Waals surface area contributed by atoms with Crippen molar-refractivity contribution in [2.24, 2.45) is 5.73 Å². The number of carbonyl (C=O) groups is 9. The number of carboxylic acids is 2. The van der Waals surface area contributed by atoms with Crippen LogP contribution in [-0.4, -0.2) is 156 Å². The van der Waals surface area contributed by atoms with Gasteiger partial charge in [0.25, 0.3) is 51.9 Å². The summed E-state index contributed by atoms with van der Waals surface area (Å²) in [5, 5.41) is 96.4. The van der Waals surface area contributed by atoms with Gasteiger partial charge in [-0.15, -0.1) is 0 Å². The molecule has 96 heavy (non-hydrogen) atoms. The van der Waals surface area contributed by atoms with Gasteiger partial charge < -0.3 is 47.4 Å². The lowest BCUT2D eigenvalue weighted by molar-refractivity contribution is -0.385. The summed E-state index contributed by atoms with van der Waals surface area (Å²) < 4.78 is 27.3. The number of nitrogens with zero attached hydrogens (tertiary/aromatic N) is 5. The minimum Gasteiger partial charge on any atom is -0.508 e. The molecule has 3 aliphatic heterocycles. The molecule has 6 aromatic rings. The number of carbonyl (C=O) groups excluding carboxylic acids is 7. The number of fused-ring (bicyclic) bond motifs is 1. The van der Waals surface area contributed by atoms with Crippen LogP contribution in [-0.2, 0) is 20.9 Å². The Bertz CT molecular complexity index is 3960. The van der Waals surface area contributed by atoms with Gasteiger partial charge >= 0.3 is 30.0 Å². The lowest BCUT2D eigenvalue weighted by Crippen LogP contribution is -2.52. The Morgan fingerprint density at radius 2 is 0.948 bits per heavy atom. The number of nitrogens with one attached hydrogen (secondary N) is 8. The Labute approximate surface area is 547 Å². The van der Waals surface area contributed by atoms with Crippen molar-refractivity contribution in [3.05, 3.63) is 181 Å². The number of rotatable bonds is 12. The topological polar surface area (TPSA) is 555 Å². The molecule has 36 nitrogen and oxygen atoms in total. The molecule has 5 aromatic carbocycles. The molecule has 3 aliphatic rings. The van der Waals surface area contributed by atoms with Crippen LogP contribution in [0.4, 0.5) is 51.0 Å². The van der Waals surface area contributed by atoms with Gasteiger partial charge in [-0.2, -0.15) is 0 Å². The number of aromatic hydroxyl groups is 2. The molecule has 3 fully saturated rings. The molecule has 0 aliphatic carbocycles. The predicted molar refractivity (Wildman–Crippen MR) is 341 cm³/mol. The number of hydrogen-bond acceptors (Lipinski definition) is 21. The molecule has 42 heteroatoms. The van der Waals surface area contributed by atoms with E-state index in [9.17, 15) is 88.4 Å². The Morgan fingerprint density at radius 3 is 1.33 bits per heavy atom. The van der Waals surface area contributed by atoms with Gasteiger partial charge in [0.15, 0.2) is 0 Å². The van der Waals surface area contributed by atoms with E-state index < -0.39 is 95.3 Å². The highest BCUT2D eigenvalue weighted by Gasteiger charge is 2.44. The van der Waals surface area contributed by atoms with Gasteiger partial charge in [0.1, 0.15) is 44.8 Å². The monoisotopic (exact) mass is 1350 g/mol. The summed E-state index contributed by atoms with van der Waals surface area (Å²) in [4.78, 5) is 152. The first-order valence-corrected chi connectivity index (χ1v) is 26.1. The van der Waals surface area contributed by atoms with Crippen LogP contribution in [0, 0.1) is 68.2 Å². The maximum atomic E-state index is 12.3. The van der Waals surface area contributed by atoms with E-state index in [1.165, 1.54) is 66.2 Å². The highest BCUT2D eigenvalue weighted by molar-refractivity contribution is 7.17. The van der Waals surface area contributed by atoms with E-state index in [1.807, 2.05) is 19.1 Å². The largest absolute Gasteiger partial charge is 0.508 e. The third-order valence-electron chi connectivity index (χ3n) is 12.7. The van der Waals surface area contributed by atoms with Crippen LogP contribution < -0.4 is 48.5 Å². The zero-order chi connectivity index (χ0) is 73.9. The fourth-order valence-electron chi connectivity index (χ4n) is 7.84. The van der Waals surface area contributed by atoms with Crippen molar-refractivity contribution in [3.8, 4) is 11.5 Å². The quantitative estimate of drug-likeness (QED) is 0.0353. The average molecular weight is 1350 g/mol. The third kappa shape index (κ3) is 23.1. The van der Waals surface area contributed by atoms with Gasteiger partial charge in [0.05, 0.1) is 37.1 Å². The molecule has 1 aromatic heterocycles. The number of imide groups is 3. The fraction of sp³-hybridized carbons (Fsp3) is 0.259. The SMILES string of the molecule is C.CC1(CN)NC(=O)NC1=O.Cc1cc(O)ccc1[N+](=O)[O-].Cc1ccc([N+](=O)[O-])c(C(=O)NCC2(C)NC(=O)NC2=O)c1.Cc1ccc([N+](=O)[O-])c(C(=O)O)c1.Cc1ccc2[nH]n(CC3(C)NC(=O)NC3=O)c(=O)c2c1.F.FF.O=C(O)c1cc(O)ccc1[N+](=O)[O-].[2HH].[2H][2H].[B][B][B]. The third-order valence-corrected chi connectivity index (χ3v) is 12.7. The van der Waals surface area contributed by atoms with E-state index in [1.54, 1.807) is 40.7 Å². The number of urea groups is 3. The van der Waals surface area contributed by atoms with Crippen molar-refractivity contribution in [1.82, 2.24) is 47.0 Å². The number of H-pyrrole nitrogens is 1. The van der Waals surface area contributed by atoms with Gasteiger partial charge in [-0.05, 0) is 102 Å². The number of halogens is 3. The number of aromatic carboxylic acids is 2. The molecule has 3 unspecified atom stereocenters. The number of nitrogens with two attached hydrogens (primary N) is 1. The summed E-state index contributed by atoms with van der Waals surface area (Å²) in [6.45, 7) is 11.4. The lowest BCUT2D eigenvalue weighted by Gasteiger charge is -2.20. The van der Waals surface area contributed by atoms with Gasteiger partial charge in [-0.1, -0.05) is 31.2 Å². The standard InChI is InChI=1S/C13H14N4O5.C13H14N4O3.C8H7NO4.C7H5NO5.C7H7NO3.C5H9N3O2.CH4.B3.F2.FH.2H2/c1-7-3-4-9(17(21)22)8(5-7)10(18)14-6-13(2)11(19)15-12(20)16-13;1-7-3-4-9-8(5-7)10(18)17(16-9)6-13(2)11(19)14-12(20)15-13;1-5-2-3-7(9(12)13)6(4-5)8(10)11;9-4-1-2-6(8(12)13)5(3-4)7(10)11;1-5-4-6(9)2-3-7(5)8(10)11;1-5(2-6)3(9)7-4(10)8-5;;1-3-2;1-2;;;/h3-5H,6H2,1-2H3,(H,14,18)(H2,15,16,19,20);3-5,16H,6H2,1-2H3,(H2,14,15,19,20);2-4H,1H3,(H,10,11);1-3,9H,(H,10,11);2-4,9H,1H3;2,6H2,1H3,(H2,7,8,9,10);1H4;;;3*1H/i;;;;;;;;;;1+1D;1+1. The molecule has 4 heterocycles. The number of hydrogen-bond donors (Lipinski definition) is 13. The Kier molecular flexibility index (Phi) is 31.3. The average Bonchev–Trinajstić information content (AvgIpc) is 1.64. The summed E-state index contributed by atoms with van der Waals surface area (Å²) in [5.41, 5.74) is 3.14. The predicted octanol–water partition coefficient (Wildman–Crippen LogP) is 4.20. The molecule has 5 radical (unpaired) electrons. The van der Waals surface area contributed by atoms with E-state index >= 15 is 0 Å². The maximum absolute atomic E-state index is 12.3. The van der Waals surface area contributed by atoms with Crippen molar-refractivity contribution >= 4 is 110 Å². The maximum Gasteiger partial charge on any atom is 0.342 e. The molecule has 3 atom stereocenters. The highest BCUT2D eigenvalue weighted by atomic mass is 20.0. The number of phenolic OH excluding ortho intramolecular Hbond substituents is 2. The second kappa shape index (κ2) is 36.7. The van der Waals surface area contributed by atoms with Gasteiger partial charge in [0, 0.05) is 85.1 Å². The van der Waals surface area contributed by atoms with E-state index in [0.29, 0.717) is 27.6 Å². The Hall–Kier alpha value is -12.3. The zero-order valence-electron chi connectivity index (χ0n) is 52.6. The first-order valence-electron chi connectivity index (χ1n) is 27.1. The molecule has 14 N–H and O–H groups in total. The van der Waals surface area contributed by atoms with E-state index in [2.05, 4.69) is 57.8 Å². The first kappa shape index (κ1) is 81.8. The minimum absolute atomic E-state index is 0. The summed E-state index contributed by atoms with van der Waals surface area (Å²) in [7, 11) is 10.0. The summed E-state index contributed by atoms with van der Waals surface area (Å²) in [6.07, 6.45) is 0. The number of benzene rings is 5. The van der Waals surface area contributed by atoms with Crippen molar-refractivity contribution in [1.29, 1.82) is 0 Å². The van der Waals surface area contributed by atoms with Crippen LogP contribution in [0.1, 0.15) is 85.9 Å². The molecular formula is C54H65B3F3N14O22.